The molecule has 1 aromatic heterocycles. The maximum atomic E-state index is 9.56. The molecule has 0 bridgehead atoms. The molecule has 2 nitrogen and oxygen atoms in total. The first-order chi connectivity index (χ1) is 7.04. The second-order valence-corrected chi connectivity index (χ2v) is 4.31. The molecule has 0 aliphatic heterocycles. The number of fused-ring (bicyclic) bond motifs is 1. The SMILES string of the molecule is CC(C)(O)/C=C/c1ccc2[nH]ccc2c1. The largest absolute Gasteiger partial charge is 0.386 e. The predicted molar refractivity (Wildman–Crippen MR) is 63.6 cm³/mol. The van der Waals surface area contributed by atoms with Gasteiger partial charge in [0.1, 0.15) is 0 Å². The lowest BCUT2D eigenvalue weighted by Crippen LogP contribution is -2.13. The van der Waals surface area contributed by atoms with E-state index in [4.69, 9.17) is 0 Å². The molecule has 0 atom stereocenters. The molecular weight excluding hydrogens is 186 g/mol. The lowest BCUT2D eigenvalue weighted by molar-refractivity contribution is 0.134. The van der Waals surface area contributed by atoms with Crippen LogP contribution in [0.1, 0.15) is 19.4 Å². The molecule has 2 N–H and O–H groups in total. The van der Waals surface area contributed by atoms with Crippen molar-refractivity contribution in [3.63, 3.8) is 0 Å². The van der Waals surface area contributed by atoms with Crippen molar-refractivity contribution in [1.82, 2.24) is 4.98 Å². The Kier molecular flexibility index (Phi) is 2.37. The predicted octanol–water partition coefficient (Wildman–Crippen LogP) is 2.95. The molecule has 0 spiro atoms. The maximum Gasteiger partial charge on any atom is 0.0774 e. The Balaban J connectivity index is 2.33. The fourth-order valence-electron chi connectivity index (χ4n) is 1.48. The molecule has 78 valence electrons. The molecule has 0 unspecified atom stereocenters. The number of hydrogen-bond acceptors (Lipinski definition) is 1. The molecule has 0 aliphatic rings. The van der Waals surface area contributed by atoms with Crippen LogP contribution in [-0.2, 0) is 0 Å². The normalized spacial score (nSPS) is 12.7. The van der Waals surface area contributed by atoms with Crippen molar-refractivity contribution in [3.05, 3.63) is 42.1 Å². The standard InChI is InChI=1S/C13H15NO/c1-13(2,15)7-5-10-3-4-12-11(9-10)6-8-14-12/h3-9,14-15H,1-2H3/b7-5+. The van der Waals surface area contributed by atoms with Crippen LogP contribution >= 0.6 is 0 Å². The molecule has 2 aromatic rings. The minimum absolute atomic E-state index is 0.757. The molecule has 0 radical (unpaired) electrons. The van der Waals surface area contributed by atoms with Gasteiger partial charge in [-0.25, -0.2) is 0 Å². The summed E-state index contributed by atoms with van der Waals surface area (Å²) in [6, 6.07) is 8.20. The van der Waals surface area contributed by atoms with Crippen LogP contribution in [0.4, 0.5) is 0 Å². The van der Waals surface area contributed by atoms with Gasteiger partial charge in [0.15, 0.2) is 0 Å². The molecule has 2 heteroatoms. The van der Waals surface area contributed by atoms with Crippen molar-refractivity contribution in [2.75, 3.05) is 0 Å². The van der Waals surface area contributed by atoms with E-state index in [0.717, 1.165) is 11.1 Å². The molecular formula is C13H15NO. The smallest absolute Gasteiger partial charge is 0.0774 e. The van der Waals surface area contributed by atoms with Gasteiger partial charge in [0.05, 0.1) is 5.60 Å². The highest BCUT2D eigenvalue weighted by Crippen LogP contribution is 2.16. The van der Waals surface area contributed by atoms with E-state index in [1.54, 1.807) is 19.9 Å². The zero-order valence-corrected chi connectivity index (χ0v) is 8.99. The molecule has 0 saturated carbocycles. The Hall–Kier alpha value is -1.54. The average molecular weight is 201 g/mol. The Bertz CT molecular complexity index is 488. The van der Waals surface area contributed by atoms with Gasteiger partial charge in [-0.1, -0.05) is 18.2 Å². The van der Waals surface area contributed by atoms with Crippen LogP contribution in [0, 0.1) is 0 Å². The second-order valence-electron chi connectivity index (χ2n) is 4.31. The summed E-state index contributed by atoms with van der Waals surface area (Å²) in [5.74, 6) is 0. The number of aromatic nitrogens is 1. The number of hydrogen-bond donors (Lipinski definition) is 2. The Labute approximate surface area is 89.3 Å². The first kappa shape index (κ1) is 9.99. The number of aromatic amines is 1. The molecule has 1 heterocycles. The first-order valence-electron chi connectivity index (χ1n) is 5.03. The van der Waals surface area contributed by atoms with Crippen molar-refractivity contribution >= 4 is 17.0 Å². The van der Waals surface area contributed by atoms with E-state index in [1.807, 2.05) is 30.5 Å². The van der Waals surface area contributed by atoms with Crippen molar-refractivity contribution < 1.29 is 5.11 Å². The summed E-state index contributed by atoms with van der Waals surface area (Å²) >= 11 is 0. The van der Waals surface area contributed by atoms with Crippen molar-refractivity contribution in [3.8, 4) is 0 Å². The summed E-state index contributed by atoms with van der Waals surface area (Å²) < 4.78 is 0. The van der Waals surface area contributed by atoms with Crippen LogP contribution in [0.15, 0.2) is 36.5 Å². The number of benzene rings is 1. The van der Waals surface area contributed by atoms with Gasteiger partial charge in [-0.15, -0.1) is 0 Å². The van der Waals surface area contributed by atoms with E-state index < -0.39 is 5.60 Å². The van der Waals surface area contributed by atoms with Crippen LogP contribution < -0.4 is 0 Å². The molecule has 0 fully saturated rings. The van der Waals surface area contributed by atoms with E-state index >= 15 is 0 Å². The van der Waals surface area contributed by atoms with Gasteiger partial charge in [-0.3, -0.25) is 0 Å². The van der Waals surface area contributed by atoms with Crippen LogP contribution in [-0.4, -0.2) is 15.7 Å². The summed E-state index contributed by atoms with van der Waals surface area (Å²) in [5.41, 5.74) is 1.48. The van der Waals surface area contributed by atoms with Gasteiger partial charge in [0.2, 0.25) is 0 Å². The summed E-state index contributed by atoms with van der Waals surface area (Å²) in [4.78, 5) is 3.15. The summed E-state index contributed by atoms with van der Waals surface area (Å²) in [6.07, 6.45) is 5.65. The molecule has 2 rings (SSSR count). The molecule has 0 aliphatic carbocycles. The lowest BCUT2D eigenvalue weighted by atomic mass is 10.1. The third-order valence-electron chi connectivity index (χ3n) is 2.26. The zero-order valence-electron chi connectivity index (χ0n) is 8.99. The van der Waals surface area contributed by atoms with Gasteiger partial charge >= 0.3 is 0 Å². The second kappa shape index (κ2) is 3.55. The van der Waals surface area contributed by atoms with Crippen LogP contribution in [0.25, 0.3) is 17.0 Å². The molecule has 0 amide bonds. The van der Waals surface area contributed by atoms with E-state index in [2.05, 4.69) is 11.1 Å². The third kappa shape index (κ3) is 2.48. The molecule has 0 saturated heterocycles. The van der Waals surface area contributed by atoms with Crippen LogP contribution in [0.2, 0.25) is 0 Å². The van der Waals surface area contributed by atoms with Gasteiger partial charge < -0.3 is 10.1 Å². The lowest BCUT2D eigenvalue weighted by Gasteiger charge is -2.09. The topological polar surface area (TPSA) is 36.0 Å². The summed E-state index contributed by atoms with van der Waals surface area (Å²) in [6.45, 7) is 3.52. The maximum absolute atomic E-state index is 9.56. The minimum Gasteiger partial charge on any atom is -0.386 e. The van der Waals surface area contributed by atoms with Crippen LogP contribution in [0.5, 0.6) is 0 Å². The Morgan fingerprint density at radius 1 is 1.27 bits per heavy atom. The van der Waals surface area contributed by atoms with Gasteiger partial charge in [-0.2, -0.15) is 0 Å². The highest BCUT2D eigenvalue weighted by molar-refractivity contribution is 5.81. The summed E-state index contributed by atoms with van der Waals surface area (Å²) in [7, 11) is 0. The number of H-pyrrole nitrogens is 1. The monoisotopic (exact) mass is 201 g/mol. The third-order valence-corrected chi connectivity index (χ3v) is 2.26. The summed E-state index contributed by atoms with van der Waals surface area (Å²) in [5, 5.41) is 10.7. The Morgan fingerprint density at radius 2 is 2.07 bits per heavy atom. The van der Waals surface area contributed by atoms with Crippen molar-refractivity contribution in [2.24, 2.45) is 0 Å². The number of aliphatic hydroxyl groups is 1. The zero-order chi connectivity index (χ0) is 10.9. The highest BCUT2D eigenvalue weighted by Gasteiger charge is 2.05. The van der Waals surface area contributed by atoms with Crippen LogP contribution in [0.3, 0.4) is 0 Å². The van der Waals surface area contributed by atoms with E-state index in [0.29, 0.717) is 0 Å². The first-order valence-corrected chi connectivity index (χ1v) is 5.03. The van der Waals surface area contributed by atoms with E-state index in [1.165, 1.54) is 5.39 Å². The van der Waals surface area contributed by atoms with Crippen molar-refractivity contribution in [2.45, 2.75) is 19.4 Å². The molecule has 15 heavy (non-hydrogen) atoms. The van der Waals surface area contributed by atoms with Gasteiger partial charge in [0.25, 0.3) is 0 Å². The Morgan fingerprint density at radius 3 is 2.80 bits per heavy atom. The molecule has 1 aromatic carbocycles. The average Bonchev–Trinajstić information content (AvgIpc) is 2.60. The fourth-order valence-corrected chi connectivity index (χ4v) is 1.48. The highest BCUT2D eigenvalue weighted by atomic mass is 16.3. The number of rotatable bonds is 2. The minimum atomic E-state index is -0.757. The van der Waals surface area contributed by atoms with E-state index in [-0.39, 0.29) is 0 Å². The number of nitrogens with one attached hydrogen (secondary N) is 1. The van der Waals surface area contributed by atoms with Gasteiger partial charge in [-0.05, 0) is 43.0 Å². The fraction of sp³-hybridized carbons (Fsp3) is 0.231. The van der Waals surface area contributed by atoms with Crippen molar-refractivity contribution in [1.29, 1.82) is 0 Å². The van der Waals surface area contributed by atoms with E-state index in [9.17, 15) is 5.11 Å². The van der Waals surface area contributed by atoms with Gasteiger partial charge in [0, 0.05) is 11.7 Å². The quantitative estimate of drug-likeness (QED) is 0.770.